The normalized spacial score (nSPS) is 24.5. The van der Waals surface area contributed by atoms with Crippen LogP contribution in [0, 0.1) is 0 Å². The third kappa shape index (κ3) is 3.19. The molecule has 4 heterocycles. The highest BCUT2D eigenvalue weighted by Gasteiger charge is 2.44. The molecule has 2 aromatic rings. The van der Waals surface area contributed by atoms with Crippen LogP contribution in [-0.4, -0.2) is 60.1 Å². The molecule has 3 aliphatic rings. The van der Waals surface area contributed by atoms with Gasteiger partial charge in [0.15, 0.2) is 6.23 Å². The molecule has 9 nitrogen and oxygen atoms in total. The van der Waals surface area contributed by atoms with Gasteiger partial charge in [0.25, 0.3) is 5.91 Å². The number of hydrogen-bond donors (Lipinski definition) is 2. The molecule has 0 aliphatic carbocycles. The molecule has 3 aliphatic heterocycles. The number of aliphatic hydroxyl groups is 1. The van der Waals surface area contributed by atoms with E-state index >= 15 is 0 Å². The zero-order valence-electron chi connectivity index (χ0n) is 16.7. The van der Waals surface area contributed by atoms with Crippen molar-refractivity contribution in [2.75, 3.05) is 31.8 Å². The van der Waals surface area contributed by atoms with Crippen LogP contribution in [0.4, 0.5) is 5.69 Å². The van der Waals surface area contributed by atoms with Gasteiger partial charge in [0, 0.05) is 44.9 Å². The summed E-state index contributed by atoms with van der Waals surface area (Å²) in [4.78, 5) is 23.4. The van der Waals surface area contributed by atoms with Gasteiger partial charge in [0.05, 0.1) is 18.0 Å². The van der Waals surface area contributed by atoms with Crippen LogP contribution in [-0.2, 0) is 21.7 Å². The number of aromatic nitrogens is 2. The van der Waals surface area contributed by atoms with Crippen LogP contribution in [0.25, 0.3) is 0 Å². The van der Waals surface area contributed by atoms with Gasteiger partial charge in [-0.05, 0) is 12.1 Å². The quantitative estimate of drug-likeness (QED) is 0.751. The molecular weight excluding hydrogens is 388 g/mol. The second-order valence-electron chi connectivity index (χ2n) is 7.85. The van der Waals surface area contributed by atoms with E-state index in [1.165, 1.54) is 0 Å². The number of ether oxygens (including phenoxy) is 3. The Balaban J connectivity index is 1.36. The van der Waals surface area contributed by atoms with Crippen LogP contribution in [0.3, 0.4) is 0 Å². The minimum Gasteiger partial charge on any atom is -0.489 e. The number of hydrogen-bond acceptors (Lipinski definition) is 8. The summed E-state index contributed by atoms with van der Waals surface area (Å²) in [6.45, 7) is 1.77. The topological polar surface area (TPSA) is 106 Å². The van der Waals surface area contributed by atoms with Crippen molar-refractivity contribution in [3.05, 3.63) is 47.5 Å². The fraction of sp³-hybridized carbons (Fsp3) is 0.476. The Kier molecular flexibility index (Phi) is 4.80. The zero-order valence-corrected chi connectivity index (χ0v) is 16.7. The molecule has 0 bridgehead atoms. The lowest BCUT2D eigenvalue weighted by Crippen LogP contribution is -2.52. The zero-order chi connectivity index (χ0) is 20.7. The SMILES string of the molecule is CN1c2ccccc2OC[C@H](NC(=O)c2ncc3c(n2)C2(CCOCC2)OC3)C1O. The molecule has 9 heteroatoms. The Labute approximate surface area is 174 Å². The summed E-state index contributed by atoms with van der Waals surface area (Å²) in [5.74, 6) is 0.254. The Morgan fingerprint density at radius 2 is 2.10 bits per heavy atom. The summed E-state index contributed by atoms with van der Waals surface area (Å²) in [6, 6.07) is 6.78. The van der Waals surface area contributed by atoms with Crippen LogP contribution in [0.5, 0.6) is 5.75 Å². The molecule has 158 valence electrons. The van der Waals surface area contributed by atoms with Crippen molar-refractivity contribution < 1.29 is 24.1 Å². The van der Waals surface area contributed by atoms with E-state index in [9.17, 15) is 9.90 Å². The van der Waals surface area contributed by atoms with Gasteiger partial charge < -0.3 is 29.5 Å². The summed E-state index contributed by atoms with van der Waals surface area (Å²) in [6.07, 6.45) is 2.10. The number of likely N-dealkylation sites (N-methyl/N-ethyl adjacent to an activating group) is 1. The summed E-state index contributed by atoms with van der Waals surface area (Å²) in [7, 11) is 1.76. The molecule has 0 radical (unpaired) electrons. The molecule has 5 rings (SSSR count). The van der Waals surface area contributed by atoms with E-state index in [1.54, 1.807) is 18.1 Å². The molecule has 1 amide bonds. The summed E-state index contributed by atoms with van der Waals surface area (Å²) in [5, 5.41) is 13.6. The standard InChI is InChI=1S/C21H24N4O5/c1-25-15-4-2-3-5-16(15)29-12-14(20(25)27)23-19(26)18-22-10-13-11-30-21(17(13)24-18)6-8-28-9-7-21/h2-5,10,14,20,27H,6-9,11-12H2,1H3,(H,23,26)/t14-,20?/m0/s1. The minimum absolute atomic E-state index is 0.0572. The van der Waals surface area contributed by atoms with Gasteiger partial charge in [0.2, 0.25) is 5.82 Å². The van der Waals surface area contributed by atoms with Crippen molar-refractivity contribution in [3.8, 4) is 5.75 Å². The van der Waals surface area contributed by atoms with Crippen LogP contribution in [0.2, 0.25) is 0 Å². The third-order valence-corrected chi connectivity index (χ3v) is 6.04. The number of aliphatic hydroxyl groups excluding tert-OH is 1. The molecule has 0 saturated carbocycles. The highest BCUT2D eigenvalue weighted by Crippen LogP contribution is 2.42. The van der Waals surface area contributed by atoms with E-state index < -0.39 is 23.8 Å². The van der Waals surface area contributed by atoms with Crippen LogP contribution in [0.15, 0.2) is 30.5 Å². The number of anilines is 1. The van der Waals surface area contributed by atoms with Crippen LogP contribution < -0.4 is 15.0 Å². The maximum atomic E-state index is 12.9. The number of nitrogens with one attached hydrogen (secondary N) is 1. The lowest BCUT2D eigenvalue weighted by atomic mass is 9.90. The predicted octanol–water partition coefficient (Wildman–Crippen LogP) is 0.958. The van der Waals surface area contributed by atoms with Gasteiger partial charge in [-0.3, -0.25) is 4.79 Å². The molecule has 30 heavy (non-hydrogen) atoms. The van der Waals surface area contributed by atoms with E-state index in [4.69, 9.17) is 14.2 Å². The lowest BCUT2D eigenvalue weighted by Gasteiger charge is -2.32. The maximum absolute atomic E-state index is 12.9. The van der Waals surface area contributed by atoms with Crippen molar-refractivity contribution in [1.82, 2.24) is 15.3 Å². The second kappa shape index (κ2) is 7.50. The lowest BCUT2D eigenvalue weighted by molar-refractivity contribution is -0.109. The van der Waals surface area contributed by atoms with Crippen LogP contribution >= 0.6 is 0 Å². The predicted molar refractivity (Wildman–Crippen MR) is 106 cm³/mol. The Hall–Kier alpha value is -2.75. The fourth-order valence-electron chi connectivity index (χ4n) is 4.28. The smallest absolute Gasteiger partial charge is 0.289 e. The molecule has 1 fully saturated rings. The first-order chi connectivity index (χ1) is 14.6. The molecule has 1 saturated heterocycles. The number of carbonyl (C=O) groups is 1. The Morgan fingerprint density at radius 3 is 2.93 bits per heavy atom. The van der Waals surface area contributed by atoms with Crippen molar-refractivity contribution in [1.29, 1.82) is 0 Å². The Bertz CT molecular complexity index is 957. The van der Waals surface area contributed by atoms with Crippen molar-refractivity contribution >= 4 is 11.6 Å². The average Bonchev–Trinajstić information content (AvgIpc) is 3.07. The number of benzene rings is 1. The number of para-hydroxylation sites is 2. The van der Waals surface area contributed by atoms with Crippen molar-refractivity contribution in [2.45, 2.75) is 37.3 Å². The second-order valence-corrected chi connectivity index (χ2v) is 7.85. The van der Waals surface area contributed by atoms with E-state index in [-0.39, 0.29) is 12.4 Å². The van der Waals surface area contributed by atoms with Gasteiger partial charge in [-0.1, -0.05) is 12.1 Å². The Morgan fingerprint density at radius 1 is 1.30 bits per heavy atom. The van der Waals surface area contributed by atoms with Crippen molar-refractivity contribution in [3.63, 3.8) is 0 Å². The largest absolute Gasteiger partial charge is 0.489 e. The van der Waals surface area contributed by atoms with Gasteiger partial charge in [0.1, 0.15) is 24.0 Å². The monoisotopic (exact) mass is 412 g/mol. The number of fused-ring (bicyclic) bond motifs is 3. The number of rotatable bonds is 2. The first-order valence-electron chi connectivity index (χ1n) is 10.1. The molecule has 1 unspecified atom stereocenters. The highest BCUT2D eigenvalue weighted by molar-refractivity contribution is 5.90. The van der Waals surface area contributed by atoms with E-state index in [0.29, 0.717) is 38.4 Å². The first kappa shape index (κ1) is 19.2. The summed E-state index contributed by atoms with van der Waals surface area (Å²) in [5.41, 5.74) is 1.93. The maximum Gasteiger partial charge on any atom is 0.289 e. The molecule has 1 aromatic carbocycles. The van der Waals surface area contributed by atoms with E-state index in [1.807, 2.05) is 24.3 Å². The molecule has 2 atom stereocenters. The average molecular weight is 412 g/mol. The van der Waals surface area contributed by atoms with Gasteiger partial charge in [-0.2, -0.15) is 0 Å². The molecule has 1 spiro atoms. The summed E-state index contributed by atoms with van der Waals surface area (Å²) >= 11 is 0. The number of nitrogens with zero attached hydrogens (tertiary/aromatic N) is 3. The molecule has 1 aromatic heterocycles. The summed E-state index contributed by atoms with van der Waals surface area (Å²) < 4.78 is 17.3. The van der Waals surface area contributed by atoms with Gasteiger partial charge in [-0.15, -0.1) is 0 Å². The van der Waals surface area contributed by atoms with Gasteiger partial charge in [-0.25, -0.2) is 9.97 Å². The molecule has 2 N–H and O–H groups in total. The van der Waals surface area contributed by atoms with Gasteiger partial charge >= 0.3 is 0 Å². The van der Waals surface area contributed by atoms with E-state index in [0.717, 1.165) is 16.9 Å². The van der Waals surface area contributed by atoms with E-state index in [2.05, 4.69) is 15.3 Å². The van der Waals surface area contributed by atoms with Crippen LogP contribution in [0.1, 0.15) is 34.7 Å². The number of amides is 1. The minimum atomic E-state index is -0.961. The molecular formula is C21H24N4O5. The number of carbonyl (C=O) groups excluding carboxylic acids is 1. The fourth-order valence-corrected chi connectivity index (χ4v) is 4.28. The first-order valence-corrected chi connectivity index (χ1v) is 10.1. The van der Waals surface area contributed by atoms with Crippen molar-refractivity contribution in [2.24, 2.45) is 0 Å². The third-order valence-electron chi connectivity index (χ3n) is 6.04. The highest BCUT2D eigenvalue weighted by atomic mass is 16.5.